The van der Waals surface area contributed by atoms with Crippen molar-refractivity contribution in [2.75, 3.05) is 12.3 Å². The summed E-state index contributed by atoms with van der Waals surface area (Å²) in [6.07, 6.45) is 2.72. The van der Waals surface area contributed by atoms with E-state index in [-0.39, 0.29) is 23.5 Å². The van der Waals surface area contributed by atoms with Gasteiger partial charge in [-0.1, -0.05) is 13.8 Å². The van der Waals surface area contributed by atoms with E-state index in [1.807, 2.05) is 13.8 Å². The quantitative estimate of drug-likeness (QED) is 0.854. The van der Waals surface area contributed by atoms with Crippen LogP contribution in [0.25, 0.3) is 0 Å². The van der Waals surface area contributed by atoms with E-state index in [1.165, 1.54) is 0 Å². The number of nitrogens with zero attached hydrogens (tertiary/aromatic N) is 2. The molecule has 2 atom stereocenters. The van der Waals surface area contributed by atoms with Gasteiger partial charge in [-0.25, -0.2) is 0 Å². The summed E-state index contributed by atoms with van der Waals surface area (Å²) >= 11 is 0. The third-order valence-corrected chi connectivity index (χ3v) is 4.18. The standard InChI is InChI=1S/C14H24N4O2/c1-5-18-8-9(15)12(17-18)13(19)16-10-7-11(20-6-2)14(10,3)4/h8,10-11H,5-7,15H2,1-4H3,(H,16,19). The van der Waals surface area contributed by atoms with Gasteiger partial charge in [-0.2, -0.15) is 5.10 Å². The molecule has 1 aromatic rings. The Morgan fingerprint density at radius 2 is 2.30 bits per heavy atom. The van der Waals surface area contributed by atoms with Crippen LogP contribution in [0.3, 0.4) is 0 Å². The van der Waals surface area contributed by atoms with Crippen LogP contribution >= 0.6 is 0 Å². The largest absolute Gasteiger partial charge is 0.396 e. The first-order valence-corrected chi connectivity index (χ1v) is 7.15. The van der Waals surface area contributed by atoms with Crippen LogP contribution in [-0.4, -0.2) is 34.4 Å². The Hall–Kier alpha value is -1.56. The molecule has 3 N–H and O–H groups in total. The van der Waals surface area contributed by atoms with E-state index in [4.69, 9.17) is 10.5 Å². The van der Waals surface area contributed by atoms with Gasteiger partial charge in [0.15, 0.2) is 5.69 Å². The highest BCUT2D eigenvalue weighted by molar-refractivity contribution is 5.97. The van der Waals surface area contributed by atoms with Crippen molar-refractivity contribution in [1.82, 2.24) is 15.1 Å². The van der Waals surface area contributed by atoms with E-state index in [0.29, 0.717) is 24.5 Å². The molecule has 20 heavy (non-hydrogen) atoms. The van der Waals surface area contributed by atoms with Gasteiger partial charge in [-0.05, 0) is 20.3 Å². The molecule has 1 fully saturated rings. The summed E-state index contributed by atoms with van der Waals surface area (Å²) in [7, 11) is 0. The Kier molecular flexibility index (Phi) is 4.04. The van der Waals surface area contributed by atoms with Crippen LogP contribution in [0.15, 0.2) is 6.20 Å². The van der Waals surface area contributed by atoms with Gasteiger partial charge in [-0.3, -0.25) is 9.48 Å². The third kappa shape index (κ3) is 2.52. The van der Waals surface area contributed by atoms with Crippen molar-refractivity contribution in [2.24, 2.45) is 5.41 Å². The van der Waals surface area contributed by atoms with Gasteiger partial charge in [0, 0.05) is 30.8 Å². The van der Waals surface area contributed by atoms with Crippen molar-refractivity contribution < 1.29 is 9.53 Å². The summed E-state index contributed by atoms with van der Waals surface area (Å²) in [6, 6.07) is 0.0951. The Balaban J connectivity index is 2.01. The van der Waals surface area contributed by atoms with Gasteiger partial charge < -0.3 is 15.8 Å². The average molecular weight is 280 g/mol. The molecule has 0 radical (unpaired) electrons. The first-order valence-electron chi connectivity index (χ1n) is 7.15. The number of nitrogens with two attached hydrogens (primary N) is 1. The van der Waals surface area contributed by atoms with Crippen LogP contribution < -0.4 is 11.1 Å². The maximum Gasteiger partial charge on any atom is 0.274 e. The van der Waals surface area contributed by atoms with Gasteiger partial charge in [0.1, 0.15) is 0 Å². The van der Waals surface area contributed by atoms with Crippen LogP contribution in [0.4, 0.5) is 5.69 Å². The topological polar surface area (TPSA) is 82.2 Å². The number of aromatic nitrogens is 2. The van der Waals surface area contributed by atoms with Crippen molar-refractivity contribution >= 4 is 11.6 Å². The number of ether oxygens (including phenoxy) is 1. The van der Waals surface area contributed by atoms with Crippen LogP contribution in [0, 0.1) is 5.41 Å². The zero-order valence-corrected chi connectivity index (χ0v) is 12.6. The van der Waals surface area contributed by atoms with Gasteiger partial charge in [0.2, 0.25) is 0 Å². The number of carbonyl (C=O) groups excluding carboxylic acids is 1. The smallest absolute Gasteiger partial charge is 0.274 e. The summed E-state index contributed by atoms with van der Waals surface area (Å²) in [5.74, 6) is -0.206. The zero-order chi connectivity index (χ0) is 14.9. The van der Waals surface area contributed by atoms with Crippen LogP contribution in [0.2, 0.25) is 0 Å². The average Bonchev–Trinajstić information content (AvgIpc) is 2.79. The van der Waals surface area contributed by atoms with E-state index in [9.17, 15) is 4.79 Å². The number of aryl methyl sites for hydroxylation is 1. The number of nitrogen functional groups attached to an aromatic ring is 1. The monoisotopic (exact) mass is 280 g/mol. The molecule has 1 aromatic heterocycles. The van der Waals surface area contributed by atoms with Crippen molar-refractivity contribution in [2.45, 2.75) is 52.8 Å². The minimum absolute atomic E-state index is 0.0618. The summed E-state index contributed by atoms with van der Waals surface area (Å²) in [5, 5.41) is 7.21. The molecule has 6 nitrogen and oxygen atoms in total. The minimum atomic E-state index is -0.206. The number of anilines is 1. The predicted octanol–water partition coefficient (Wildman–Crippen LogP) is 1.42. The van der Waals surface area contributed by atoms with Gasteiger partial charge in [0.25, 0.3) is 5.91 Å². The molecule has 6 heteroatoms. The lowest BCUT2D eigenvalue weighted by atomic mass is 9.64. The third-order valence-electron chi connectivity index (χ3n) is 4.18. The summed E-state index contributed by atoms with van der Waals surface area (Å²) in [5.41, 5.74) is 6.49. The number of rotatable bonds is 5. The fourth-order valence-electron chi connectivity index (χ4n) is 2.62. The van der Waals surface area contributed by atoms with Gasteiger partial charge in [0.05, 0.1) is 11.8 Å². The second kappa shape index (κ2) is 5.44. The minimum Gasteiger partial charge on any atom is -0.396 e. The molecule has 112 valence electrons. The Morgan fingerprint density at radius 3 is 2.80 bits per heavy atom. The van der Waals surface area contributed by atoms with Crippen LogP contribution in [-0.2, 0) is 11.3 Å². The lowest BCUT2D eigenvalue weighted by Gasteiger charge is -2.51. The molecule has 0 aliphatic heterocycles. The number of hydrogen-bond acceptors (Lipinski definition) is 4. The van der Waals surface area contributed by atoms with Gasteiger partial charge in [-0.15, -0.1) is 0 Å². The summed E-state index contributed by atoms with van der Waals surface area (Å²) < 4.78 is 7.33. The van der Waals surface area contributed by atoms with E-state index in [0.717, 1.165) is 6.42 Å². The summed E-state index contributed by atoms with van der Waals surface area (Å²) in [4.78, 5) is 12.2. The second-order valence-corrected chi connectivity index (χ2v) is 5.82. The van der Waals surface area contributed by atoms with Crippen molar-refractivity contribution in [1.29, 1.82) is 0 Å². The molecule has 1 aliphatic rings. The maximum absolute atomic E-state index is 12.2. The highest BCUT2D eigenvalue weighted by Gasteiger charge is 2.49. The molecule has 1 saturated carbocycles. The normalized spacial score (nSPS) is 24.2. The Bertz CT molecular complexity index is 495. The van der Waals surface area contributed by atoms with Crippen molar-refractivity contribution in [3.63, 3.8) is 0 Å². The SMILES string of the molecule is CCOC1CC(NC(=O)c2nn(CC)cc2N)C1(C)C. The molecule has 1 heterocycles. The van der Waals surface area contributed by atoms with Gasteiger partial charge >= 0.3 is 0 Å². The molecule has 0 saturated heterocycles. The molecule has 0 spiro atoms. The second-order valence-electron chi connectivity index (χ2n) is 5.82. The highest BCUT2D eigenvalue weighted by Crippen LogP contribution is 2.42. The van der Waals surface area contributed by atoms with Crippen molar-refractivity contribution in [3.8, 4) is 0 Å². The Labute approximate surface area is 119 Å². The molecule has 2 unspecified atom stereocenters. The number of amides is 1. The maximum atomic E-state index is 12.2. The van der Waals surface area contributed by atoms with E-state index in [2.05, 4.69) is 24.3 Å². The highest BCUT2D eigenvalue weighted by atomic mass is 16.5. The van der Waals surface area contributed by atoms with E-state index < -0.39 is 0 Å². The number of carbonyl (C=O) groups is 1. The molecule has 0 aromatic carbocycles. The van der Waals surface area contributed by atoms with Crippen LogP contribution in [0.1, 0.15) is 44.6 Å². The molecule has 2 rings (SSSR count). The van der Waals surface area contributed by atoms with Crippen LogP contribution in [0.5, 0.6) is 0 Å². The first kappa shape index (κ1) is 14.8. The Morgan fingerprint density at radius 1 is 1.60 bits per heavy atom. The lowest BCUT2D eigenvalue weighted by Crippen LogP contribution is -2.62. The van der Waals surface area contributed by atoms with E-state index >= 15 is 0 Å². The molecular formula is C14H24N4O2. The summed E-state index contributed by atoms with van der Waals surface area (Å²) in [6.45, 7) is 9.54. The predicted molar refractivity (Wildman–Crippen MR) is 77.4 cm³/mol. The first-order chi connectivity index (χ1) is 9.40. The fourth-order valence-corrected chi connectivity index (χ4v) is 2.62. The zero-order valence-electron chi connectivity index (χ0n) is 12.6. The molecule has 0 bridgehead atoms. The fraction of sp³-hybridized carbons (Fsp3) is 0.714. The van der Waals surface area contributed by atoms with Crippen molar-refractivity contribution in [3.05, 3.63) is 11.9 Å². The molecule has 1 aliphatic carbocycles. The molecule has 1 amide bonds. The van der Waals surface area contributed by atoms with E-state index in [1.54, 1.807) is 10.9 Å². The molecular weight excluding hydrogens is 256 g/mol. The number of nitrogens with one attached hydrogen (secondary N) is 1. The number of hydrogen-bond donors (Lipinski definition) is 2. The lowest BCUT2D eigenvalue weighted by molar-refractivity contribution is -0.111.